The van der Waals surface area contributed by atoms with Gasteiger partial charge in [-0.1, -0.05) is 27.5 Å². The fourth-order valence-electron chi connectivity index (χ4n) is 1.10. The molecule has 1 aromatic rings. The number of phenolic OH excluding ortho intramolecular Hbond substituents is 1. The fourth-order valence-corrected chi connectivity index (χ4v) is 1.93. The standard InChI is InChI=1S/C9H11BrClNO2/c1-4(13)8(12)6-2-5(10)3-7(11)9(6)14/h2-4,8,13-14H,12H2,1H3/t4-,8-/m0/s1. The Hall–Kier alpha value is -0.290. The van der Waals surface area contributed by atoms with Crippen molar-refractivity contribution >= 4 is 27.5 Å². The molecule has 0 aliphatic heterocycles. The van der Waals surface area contributed by atoms with Gasteiger partial charge in [0.05, 0.1) is 17.2 Å². The van der Waals surface area contributed by atoms with Gasteiger partial charge in [-0.15, -0.1) is 0 Å². The highest BCUT2D eigenvalue weighted by Crippen LogP contribution is 2.35. The summed E-state index contributed by atoms with van der Waals surface area (Å²) in [7, 11) is 0. The number of benzene rings is 1. The number of hydrogen-bond donors (Lipinski definition) is 3. The van der Waals surface area contributed by atoms with Gasteiger partial charge in [-0.2, -0.15) is 0 Å². The number of hydrogen-bond acceptors (Lipinski definition) is 3. The highest BCUT2D eigenvalue weighted by Gasteiger charge is 2.18. The highest BCUT2D eigenvalue weighted by atomic mass is 79.9. The number of aliphatic hydroxyl groups is 1. The molecule has 1 aromatic carbocycles. The molecule has 14 heavy (non-hydrogen) atoms. The van der Waals surface area contributed by atoms with E-state index in [1.807, 2.05) is 0 Å². The molecule has 0 saturated heterocycles. The smallest absolute Gasteiger partial charge is 0.139 e. The van der Waals surface area contributed by atoms with E-state index in [2.05, 4.69) is 15.9 Å². The van der Waals surface area contributed by atoms with Gasteiger partial charge in [0, 0.05) is 10.0 Å². The molecule has 1 rings (SSSR count). The van der Waals surface area contributed by atoms with Crippen molar-refractivity contribution in [1.82, 2.24) is 0 Å². The predicted molar refractivity (Wildman–Crippen MR) is 59.4 cm³/mol. The van der Waals surface area contributed by atoms with Crippen LogP contribution in [-0.4, -0.2) is 16.3 Å². The first-order valence-corrected chi connectivity index (χ1v) is 5.22. The van der Waals surface area contributed by atoms with Crippen molar-refractivity contribution in [1.29, 1.82) is 0 Å². The summed E-state index contributed by atoms with van der Waals surface area (Å²) in [5, 5.41) is 19.1. The summed E-state index contributed by atoms with van der Waals surface area (Å²) < 4.78 is 0.714. The van der Waals surface area contributed by atoms with Crippen LogP contribution in [0.15, 0.2) is 16.6 Å². The molecule has 0 spiro atoms. The van der Waals surface area contributed by atoms with Crippen LogP contribution in [0.1, 0.15) is 18.5 Å². The molecule has 0 heterocycles. The lowest BCUT2D eigenvalue weighted by Gasteiger charge is -2.17. The van der Waals surface area contributed by atoms with Crippen molar-refractivity contribution in [2.45, 2.75) is 19.1 Å². The second-order valence-electron chi connectivity index (χ2n) is 3.09. The summed E-state index contributed by atoms with van der Waals surface area (Å²) in [6.45, 7) is 1.55. The Morgan fingerprint density at radius 2 is 2.07 bits per heavy atom. The quantitative estimate of drug-likeness (QED) is 0.778. The molecule has 78 valence electrons. The maximum Gasteiger partial charge on any atom is 0.139 e. The number of aliphatic hydroxyl groups excluding tert-OH is 1. The van der Waals surface area contributed by atoms with Gasteiger partial charge in [-0.3, -0.25) is 0 Å². The first kappa shape index (κ1) is 11.8. The molecular weight excluding hydrogens is 269 g/mol. The molecule has 0 saturated carbocycles. The van der Waals surface area contributed by atoms with Crippen LogP contribution in [0.3, 0.4) is 0 Å². The average molecular weight is 281 g/mol. The largest absolute Gasteiger partial charge is 0.506 e. The molecule has 0 bridgehead atoms. The number of halogens is 2. The minimum Gasteiger partial charge on any atom is -0.506 e. The zero-order valence-corrected chi connectivity index (χ0v) is 9.88. The Labute approximate surface area is 95.6 Å². The van der Waals surface area contributed by atoms with E-state index in [4.69, 9.17) is 17.3 Å². The normalized spacial score (nSPS) is 15.2. The molecule has 0 aliphatic carbocycles. The zero-order valence-electron chi connectivity index (χ0n) is 7.54. The third-order valence-corrected chi connectivity index (χ3v) is 2.68. The zero-order chi connectivity index (χ0) is 10.9. The number of aromatic hydroxyl groups is 1. The topological polar surface area (TPSA) is 66.5 Å². The van der Waals surface area contributed by atoms with Crippen LogP contribution in [0.4, 0.5) is 0 Å². The lowest BCUT2D eigenvalue weighted by Crippen LogP contribution is -2.23. The van der Waals surface area contributed by atoms with Crippen LogP contribution in [0.25, 0.3) is 0 Å². The van der Waals surface area contributed by atoms with Crippen LogP contribution < -0.4 is 5.73 Å². The first-order valence-electron chi connectivity index (χ1n) is 4.05. The molecule has 2 atom stereocenters. The summed E-state index contributed by atoms with van der Waals surface area (Å²) in [5.41, 5.74) is 6.12. The van der Waals surface area contributed by atoms with E-state index in [0.717, 1.165) is 0 Å². The minimum absolute atomic E-state index is 0.0803. The predicted octanol–water partition coefficient (Wildman–Crippen LogP) is 2.19. The van der Waals surface area contributed by atoms with Crippen LogP contribution in [0, 0.1) is 0 Å². The van der Waals surface area contributed by atoms with E-state index in [1.54, 1.807) is 19.1 Å². The molecule has 0 amide bonds. The van der Waals surface area contributed by atoms with Crippen molar-refractivity contribution < 1.29 is 10.2 Å². The van der Waals surface area contributed by atoms with E-state index >= 15 is 0 Å². The summed E-state index contributed by atoms with van der Waals surface area (Å²) >= 11 is 8.98. The van der Waals surface area contributed by atoms with Crippen LogP contribution in [0.2, 0.25) is 5.02 Å². The van der Waals surface area contributed by atoms with Gasteiger partial charge in [0.1, 0.15) is 5.75 Å². The van der Waals surface area contributed by atoms with Gasteiger partial charge < -0.3 is 15.9 Å². The van der Waals surface area contributed by atoms with E-state index in [9.17, 15) is 10.2 Å². The van der Waals surface area contributed by atoms with Crippen molar-refractivity contribution in [2.24, 2.45) is 5.73 Å². The van der Waals surface area contributed by atoms with Crippen molar-refractivity contribution in [3.63, 3.8) is 0 Å². The number of rotatable bonds is 2. The van der Waals surface area contributed by atoms with E-state index in [0.29, 0.717) is 10.0 Å². The van der Waals surface area contributed by atoms with Gasteiger partial charge in [0.15, 0.2) is 0 Å². The van der Waals surface area contributed by atoms with Gasteiger partial charge in [0.25, 0.3) is 0 Å². The number of nitrogens with two attached hydrogens (primary N) is 1. The second-order valence-corrected chi connectivity index (χ2v) is 4.41. The third-order valence-electron chi connectivity index (χ3n) is 1.94. The molecule has 3 nitrogen and oxygen atoms in total. The third kappa shape index (κ3) is 2.39. The Morgan fingerprint density at radius 1 is 1.50 bits per heavy atom. The van der Waals surface area contributed by atoms with Gasteiger partial charge in [-0.05, 0) is 19.1 Å². The lowest BCUT2D eigenvalue weighted by molar-refractivity contribution is 0.163. The first-order chi connectivity index (χ1) is 6.43. The van der Waals surface area contributed by atoms with E-state index in [-0.39, 0.29) is 10.8 Å². The highest BCUT2D eigenvalue weighted by molar-refractivity contribution is 9.10. The minimum atomic E-state index is -0.744. The van der Waals surface area contributed by atoms with Gasteiger partial charge >= 0.3 is 0 Å². The molecule has 0 aliphatic rings. The van der Waals surface area contributed by atoms with Crippen LogP contribution in [0.5, 0.6) is 5.75 Å². The maximum absolute atomic E-state index is 9.60. The maximum atomic E-state index is 9.60. The molecule has 0 aromatic heterocycles. The Bertz CT molecular complexity index is 344. The van der Waals surface area contributed by atoms with Crippen LogP contribution >= 0.6 is 27.5 Å². The molecule has 5 heteroatoms. The van der Waals surface area contributed by atoms with Gasteiger partial charge in [0.2, 0.25) is 0 Å². The second kappa shape index (κ2) is 4.49. The summed E-state index contributed by atoms with van der Waals surface area (Å²) in [6.07, 6.45) is -0.744. The lowest BCUT2D eigenvalue weighted by atomic mass is 10.0. The van der Waals surface area contributed by atoms with Crippen molar-refractivity contribution in [2.75, 3.05) is 0 Å². The van der Waals surface area contributed by atoms with Crippen molar-refractivity contribution in [3.05, 3.63) is 27.2 Å². The average Bonchev–Trinajstić information content (AvgIpc) is 2.09. The van der Waals surface area contributed by atoms with Crippen molar-refractivity contribution in [3.8, 4) is 5.75 Å². The molecule has 0 radical (unpaired) electrons. The Morgan fingerprint density at radius 3 is 2.57 bits per heavy atom. The Balaban J connectivity index is 3.20. The van der Waals surface area contributed by atoms with Gasteiger partial charge in [-0.25, -0.2) is 0 Å². The number of phenols is 1. The van der Waals surface area contributed by atoms with E-state index in [1.165, 1.54) is 0 Å². The summed E-state index contributed by atoms with van der Waals surface area (Å²) in [6, 6.07) is 2.55. The monoisotopic (exact) mass is 279 g/mol. The Kier molecular flexibility index (Phi) is 3.78. The molecule has 0 fully saturated rings. The molecular formula is C9H11BrClNO2. The summed E-state index contributed by atoms with van der Waals surface area (Å²) in [4.78, 5) is 0. The summed E-state index contributed by atoms with van der Waals surface area (Å²) in [5.74, 6) is -0.0803. The van der Waals surface area contributed by atoms with Crippen LogP contribution in [-0.2, 0) is 0 Å². The molecule has 0 unspecified atom stereocenters. The van der Waals surface area contributed by atoms with E-state index < -0.39 is 12.1 Å². The molecule has 4 N–H and O–H groups in total. The SMILES string of the molecule is C[C@H](O)[C@H](N)c1cc(Br)cc(Cl)c1O. The fraction of sp³-hybridized carbons (Fsp3) is 0.333.